The van der Waals surface area contributed by atoms with Crippen LogP contribution in [-0.4, -0.2) is 70.3 Å². The van der Waals surface area contributed by atoms with E-state index in [0.29, 0.717) is 31.4 Å². The van der Waals surface area contributed by atoms with Gasteiger partial charge >= 0.3 is 0 Å². The summed E-state index contributed by atoms with van der Waals surface area (Å²) in [6.45, 7) is 3.47. The number of nitrogens with zero attached hydrogens (tertiary/aromatic N) is 2. The normalized spacial score (nSPS) is 12.4. The van der Waals surface area contributed by atoms with Gasteiger partial charge in [-0.15, -0.1) is 0 Å². The second kappa shape index (κ2) is 11.2. The topological polar surface area (TPSA) is 75.2 Å². The predicted octanol–water partition coefficient (Wildman–Crippen LogP) is 0.863. The minimum Gasteiger partial charge on any atom is -0.489 e. The monoisotopic (exact) mass is 354 g/mol. The van der Waals surface area contributed by atoms with Crippen LogP contribution in [0.3, 0.4) is 0 Å². The zero-order chi connectivity index (χ0) is 18.7. The maximum absolute atomic E-state index is 12.9. The van der Waals surface area contributed by atoms with Crippen LogP contribution in [0.15, 0.2) is 29.3 Å². The zero-order valence-corrected chi connectivity index (χ0v) is 15.2. The third kappa shape index (κ3) is 8.90. The molecule has 25 heavy (non-hydrogen) atoms. The average molecular weight is 354 g/mol. The molecule has 0 fully saturated rings. The molecule has 140 valence electrons. The average Bonchev–Trinajstić information content (AvgIpc) is 2.58. The summed E-state index contributed by atoms with van der Waals surface area (Å²) in [4.78, 5) is 17.4. The summed E-state index contributed by atoms with van der Waals surface area (Å²) in [7, 11) is 4.98. The Morgan fingerprint density at radius 3 is 2.56 bits per heavy atom. The van der Waals surface area contributed by atoms with Crippen molar-refractivity contribution in [3.8, 4) is 5.75 Å². The van der Waals surface area contributed by atoms with Gasteiger partial charge in [-0.2, -0.15) is 0 Å². The second-order valence-electron chi connectivity index (χ2n) is 5.64. The van der Waals surface area contributed by atoms with Crippen LogP contribution in [-0.2, 0) is 9.53 Å². The molecule has 0 bridgehead atoms. The van der Waals surface area contributed by atoms with Crippen molar-refractivity contribution in [1.29, 1.82) is 0 Å². The Bertz CT molecular complexity index is 549. The minimum absolute atomic E-state index is 0.0442. The molecule has 0 aliphatic rings. The van der Waals surface area contributed by atoms with Gasteiger partial charge in [-0.3, -0.25) is 4.79 Å². The van der Waals surface area contributed by atoms with E-state index in [-0.39, 0.29) is 24.4 Å². The van der Waals surface area contributed by atoms with Crippen molar-refractivity contribution in [2.45, 2.75) is 13.0 Å². The number of benzene rings is 1. The Morgan fingerprint density at radius 2 is 1.96 bits per heavy atom. The molecule has 0 saturated carbocycles. The van der Waals surface area contributed by atoms with Crippen molar-refractivity contribution in [1.82, 2.24) is 15.5 Å². The molecule has 0 saturated heterocycles. The number of aliphatic imine (C=N–C) groups is 1. The molecular weight excluding hydrogens is 327 g/mol. The standard InChI is InChI=1S/C17H27FN4O3/c1-13(25-15-7-5-14(18)6-8-15)11-20-17(19-9-10-24-4)21-12-16(23)22(2)3/h5-8,13H,9-12H2,1-4H3,(H2,19,20,21). The molecule has 1 rings (SSSR count). The van der Waals surface area contributed by atoms with Crippen LogP contribution < -0.4 is 15.4 Å². The van der Waals surface area contributed by atoms with E-state index in [0.717, 1.165) is 0 Å². The highest BCUT2D eigenvalue weighted by Gasteiger charge is 2.08. The summed E-state index contributed by atoms with van der Waals surface area (Å²) in [5.41, 5.74) is 0. The molecule has 1 amide bonds. The maximum atomic E-state index is 12.9. The summed E-state index contributed by atoms with van der Waals surface area (Å²) in [6.07, 6.45) is -0.176. The number of amides is 1. The van der Waals surface area contributed by atoms with Crippen molar-refractivity contribution in [3.63, 3.8) is 0 Å². The highest BCUT2D eigenvalue weighted by atomic mass is 19.1. The molecule has 0 spiro atoms. The molecule has 1 atom stereocenters. The van der Waals surface area contributed by atoms with E-state index < -0.39 is 0 Å². The lowest BCUT2D eigenvalue weighted by Gasteiger charge is -2.18. The summed E-state index contributed by atoms with van der Waals surface area (Å²) in [5.74, 6) is 0.690. The predicted molar refractivity (Wildman–Crippen MR) is 95.4 cm³/mol. The van der Waals surface area contributed by atoms with Crippen molar-refractivity contribution in [2.75, 3.05) is 47.4 Å². The first-order chi connectivity index (χ1) is 11.9. The number of carbonyl (C=O) groups is 1. The fraction of sp³-hybridized carbons (Fsp3) is 0.529. The molecule has 0 aromatic heterocycles. The lowest BCUT2D eigenvalue weighted by atomic mass is 10.3. The van der Waals surface area contributed by atoms with E-state index in [1.54, 1.807) is 33.3 Å². The number of nitrogens with one attached hydrogen (secondary N) is 2. The van der Waals surface area contributed by atoms with E-state index in [4.69, 9.17) is 9.47 Å². The molecule has 1 aromatic carbocycles. The third-order valence-corrected chi connectivity index (χ3v) is 3.18. The summed E-state index contributed by atoms with van der Waals surface area (Å²) in [6, 6.07) is 5.85. The fourth-order valence-electron chi connectivity index (χ4n) is 1.76. The SMILES string of the molecule is COCCNC(=NCC(=O)N(C)C)NCC(C)Oc1ccc(F)cc1. The highest BCUT2D eigenvalue weighted by molar-refractivity contribution is 5.84. The molecule has 0 aliphatic carbocycles. The quantitative estimate of drug-likeness (QED) is 0.391. The Morgan fingerprint density at radius 1 is 1.28 bits per heavy atom. The van der Waals surface area contributed by atoms with Gasteiger partial charge in [0.15, 0.2) is 5.96 Å². The molecule has 1 unspecified atom stereocenters. The first-order valence-corrected chi connectivity index (χ1v) is 8.06. The molecule has 8 heteroatoms. The van der Waals surface area contributed by atoms with Crippen LogP contribution in [0, 0.1) is 5.82 Å². The van der Waals surface area contributed by atoms with Crippen LogP contribution in [0.25, 0.3) is 0 Å². The Balaban J connectivity index is 2.52. The Kier molecular flexibility index (Phi) is 9.31. The first kappa shape index (κ1) is 20.7. The van der Waals surface area contributed by atoms with Gasteiger partial charge in [0.05, 0.1) is 13.2 Å². The van der Waals surface area contributed by atoms with Crippen LogP contribution >= 0.6 is 0 Å². The van der Waals surface area contributed by atoms with Gasteiger partial charge in [0, 0.05) is 27.7 Å². The number of halogens is 1. The van der Waals surface area contributed by atoms with E-state index in [1.165, 1.54) is 17.0 Å². The van der Waals surface area contributed by atoms with E-state index in [9.17, 15) is 9.18 Å². The van der Waals surface area contributed by atoms with Crippen LogP contribution in [0.1, 0.15) is 6.92 Å². The maximum Gasteiger partial charge on any atom is 0.243 e. The van der Waals surface area contributed by atoms with Gasteiger partial charge < -0.3 is 25.0 Å². The van der Waals surface area contributed by atoms with Crippen LogP contribution in [0.4, 0.5) is 4.39 Å². The Hall–Kier alpha value is -2.35. The Labute approximate surface area is 148 Å². The number of hydrogen-bond donors (Lipinski definition) is 2. The molecule has 0 radical (unpaired) electrons. The molecule has 7 nitrogen and oxygen atoms in total. The number of guanidine groups is 1. The van der Waals surface area contributed by atoms with E-state index in [1.807, 2.05) is 6.92 Å². The highest BCUT2D eigenvalue weighted by Crippen LogP contribution is 2.12. The van der Waals surface area contributed by atoms with Gasteiger partial charge in [0.2, 0.25) is 5.91 Å². The molecule has 0 aliphatic heterocycles. The number of likely N-dealkylation sites (N-methyl/N-ethyl adjacent to an activating group) is 1. The van der Waals surface area contributed by atoms with E-state index in [2.05, 4.69) is 15.6 Å². The van der Waals surface area contributed by atoms with Gasteiger partial charge in [-0.25, -0.2) is 9.38 Å². The van der Waals surface area contributed by atoms with Gasteiger partial charge in [-0.05, 0) is 31.2 Å². The summed E-state index contributed by atoms with van der Waals surface area (Å²) in [5, 5.41) is 6.20. The second-order valence-corrected chi connectivity index (χ2v) is 5.64. The van der Waals surface area contributed by atoms with Gasteiger partial charge in [0.25, 0.3) is 0 Å². The molecular formula is C17H27FN4O3. The number of carbonyl (C=O) groups excluding carboxylic acids is 1. The smallest absolute Gasteiger partial charge is 0.243 e. The number of rotatable bonds is 9. The van der Waals surface area contributed by atoms with Crippen molar-refractivity contribution < 1.29 is 18.7 Å². The molecule has 1 aromatic rings. The molecule has 0 heterocycles. The lowest BCUT2D eigenvalue weighted by Crippen LogP contribution is -2.43. The van der Waals surface area contributed by atoms with Crippen molar-refractivity contribution in [2.24, 2.45) is 4.99 Å². The summed E-state index contributed by atoms with van der Waals surface area (Å²) >= 11 is 0. The minimum atomic E-state index is -0.305. The number of methoxy groups -OCH3 is 1. The fourth-order valence-corrected chi connectivity index (χ4v) is 1.76. The van der Waals surface area contributed by atoms with Crippen molar-refractivity contribution in [3.05, 3.63) is 30.1 Å². The lowest BCUT2D eigenvalue weighted by molar-refractivity contribution is -0.127. The van der Waals surface area contributed by atoms with Crippen molar-refractivity contribution >= 4 is 11.9 Å². The van der Waals surface area contributed by atoms with Gasteiger partial charge in [0.1, 0.15) is 24.2 Å². The first-order valence-electron chi connectivity index (χ1n) is 8.06. The van der Waals surface area contributed by atoms with Gasteiger partial charge in [-0.1, -0.05) is 0 Å². The third-order valence-electron chi connectivity index (χ3n) is 3.18. The zero-order valence-electron chi connectivity index (χ0n) is 15.2. The van der Waals surface area contributed by atoms with Crippen LogP contribution in [0.2, 0.25) is 0 Å². The molecule has 2 N–H and O–H groups in total. The number of ether oxygens (including phenoxy) is 2. The largest absolute Gasteiger partial charge is 0.489 e. The number of hydrogen-bond acceptors (Lipinski definition) is 4. The van der Waals surface area contributed by atoms with Crippen LogP contribution in [0.5, 0.6) is 5.75 Å². The summed E-state index contributed by atoms with van der Waals surface area (Å²) < 4.78 is 23.6. The van der Waals surface area contributed by atoms with E-state index >= 15 is 0 Å².